The van der Waals surface area contributed by atoms with E-state index in [4.69, 9.17) is 10.00 Å². The van der Waals surface area contributed by atoms with Crippen molar-refractivity contribution >= 4 is 11.8 Å². The third-order valence-corrected chi connectivity index (χ3v) is 4.39. The lowest BCUT2D eigenvalue weighted by molar-refractivity contribution is 0.126. The second-order valence-corrected chi connectivity index (χ2v) is 6.25. The molecular formula is C17H14FN5O2S. The number of tetrazole rings is 1. The van der Waals surface area contributed by atoms with Crippen LogP contribution in [0, 0.1) is 17.1 Å². The molecule has 26 heavy (non-hydrogen) atoms. The maximum Gasteiger partial charge on any atom is 0.214 e. The first-order valence-corrected chi connectivity index (χ1v) is 8.62. The number of aliphatic hydroxyl groups excluding tert-OH is 1. The fraction of sp³-hybridized carbons (Fsp3) is 0.176. The maximum atomic E-state index is 13.4. The highest BCUT2D eigenvalue weighted by molar-refractivity contribution is 7.99. The van der Waals surface area contributed by atoms with Crippen molar-refractivity contribution in [3.8, 4) is 17.5 Å². The fourth-order valence-corrected chi connectivity index (χ4v) is 2.87. The molecule has 0 saturated heterocycles. The van der Waals surface area contributed by atoms with Crippen LogP contribution < -0.4 is 4.74 Å². The normalized spacial score (nSPS) is 11.7. The van der Waals surface area contributed by atoms with Gasteiger partial charge in [0.05, 0.1) is 23.4 Å². The smallest absolute Gasteiger partial charge is 0.214 e. The molecule has 0 aliphatic carbocycles. The monoisotopic (exact) mass is 371 g/mol. The van der Waals surface area contributed by atoms with E-state index in [0.29, 0.717) is 27.9 Å². The number of hydrogen-bond donors (Lipinski definition) is 1. The summed E-state index contributed by atoms with van der Waals surface area (Å²) < 4.78 is 20.2. The van der Waals surface area contributed by atoms with E-state index in [2.05, 4.69) is 15.5 Å². The first-order chi connectivity index (χ1) is 12.7. The molecule has 0 saturated carbocycles. The molecule has 0 radical (unpaired) electrons. The molecule has 0 bridgehead atoms. The maximum absolute atomic E-state index is 13.4. The number of nitriles is 1. The van der Waals surface area contributed by atoms with Crippen LogP contribution in [0.2, 0.25) is 0 Å². The van der Waals surface area contributed by atoms with Crippen LogP contribution in [0.5, 0.6) is 5.75 Å². The Balaban J connectivity index is 1.54. The molecule has 1 unspecified atom stereocenters. The zero-order valence-corrected chi connectivity index (χ0v) is 14.3. The van der Waals surface area contributed by atoms with Crippen molar-refractivity contribution in [1.29, 1.82) is 5.26 Å². The number of halogens is 1. The number of nitrogens with zero attached hydrogens (tertiary/aromatic N) is 5. The third-order valence-electron chi connectivity index (χ3n) is 3.32. The van der Waals surface area contributed by atoms with Gasteiger partial charge in [0.1, 0.15) is 18.2 Å². The van der Waals surface area contributed by atoms with E-state index in [9.17, 15) is 9.50 Å². The Bertz CT molecular complexity index is 910. The molecule has 3 rings (SSSR count). The topological polar surface area (TPSA) is 96.8 Å². The average Bonchev–Trinajstić information content (AvgIpc) is 3.14. The van der Waals surface area contributed by atoms with E-state index < -0.39 is 6.10 Å². The third kappa shape index (κ3) is 4.56. The molecule has 132 valence electrons. The van der Waals surface area contributed by atoms with Gasteiger partial charge in [0.2, 0.25) is 5.16 Å². The highest BCUT2D eigenvalue weighted by Crippen LogP contribution is 2.20. The minimum atomic E-state index is -0.756. The molecule has 3 aromatic rings. The Hall–Kier alpha value is -2.96. The summed E-state index contributed by atoms with van der Waals surface area (Å²) in [5, 5.41) is 30.6. The number of thioether (sulfide) groups is 1. The lowest BCUT2D eigenvalue weighted by atomic mass is 10.2. The van der Waals surface area contributed by atoms with Gasteiger partial charge in [0, 0.05) is 5.75 Å². The molecule has 1 N–H and O–H groups in total. The summed E-state index contributed by atoms with van der Waals surface area (Å²) in [5.74, 6) is 0.480. The van der Waals surface area contributed by atoms with Crippen molar-refractivity contribution in [2.75, 3.05) is 12.4 Å². The van der Waals surface area contributed by atoms with E-state index in [1.165, 1.54) is 28.6 Å². The van der Waals surface area contributed by atoms with Crippen molar-refractivity contribution in [1.82, 2.24) is 20.2 Å². The van der Waals surface area contributed by atoms with Crippen LogP contribution in [0.1, 0.15) is 5.56 Å². The molecule has 0 spiro atoms. The second kappa shape index (κ2) is 8.42. The summed E-state index contributed by atoms with van der Waals surface area (Å²) in [4.78, 5) is 0. The predicted molar refractivity (Wildman–Crippen MR) is 92.5 cm³/mol. The lowest BCUT2D eigenvalue weighted by Gasteiger charge is -2.12. The summed E-state index contributed by atoms with van der Waals surface area (Å²) in [5.41, 5.74) is 1.04. The zero-order valence-electron chi connectivity index (χ0n) is 13.5. The van der Waals surface area contributed by atoms with Gasteiger partial charge in [-0.2, -0.15) is 9.94 Å². The van der Waals surface area contributed by atoms with Gasteiger partial charge in [-0.15, -0.1) is 5.10 Å². The quantitative estimate of drug-likeness (QED) is 0.636. The number of ether oxygens (including phenoxy) is 1. The van der Waals surface area contributed by atoms with Crippen molar-refractivity contribution in [2.24, 2.45) is 0 Å². The van der Waals surface area contributed by atoms with Crippen LogP contribution in [-0.2, 0) is 0 Å². The first kappa shape index (κ1) is 17.8. The predicted octanol–water partition coefficient (Wildman–Crippen LogP) is 2.21. The zero-order chi connectivity index (χ0) is 18.4. The first-order valence-electron chi connectivity index (χ1n) is 7.64. The Morgan fingerprint density at radius 3 is 2.81 bits per heavy atom. The number of hydrogen-bond acceptors (Lipinski definition) is 7. The minimum Gasteiger partial charge on any atom is -0.491 e. The van der Waals surface area contributed by atoms with E-state index in [1.54, 1.807) is 36.4 Å². The van der Waals surface area contributed by atoms with Gasteiger partial charge in [-0.05, 0) is 52.9 Å². The summed E-state index contributed by atoms with van der Waals surface area (Å²) in [7, 11) is 0. The Morgan fingerprint density at radius 2 is 2.08 bits per heavy atom. The van der Waals surface area contributed by atoms with Crippen molar-refractivity contribution in [2.45, 2.75) is 11.3 Å². The average molecular weight is 371 g/mol. The summed E-state index contributed by atoms with van der Waals surface area (Å²) >= 11 is 1.24. The van der Waals surface area contributed by atoms with E-state index in [-0.39, 0.29) is 12.4 Å². The summed E-state index contributed by atoms with van der Waals surface area (Å²) in [6.07, 6.45) is -0.756. The number of aromatic nitrogens is 4. The summed E-state index contributed by atoms with van der Waals surface area (Å²) in [6.45, 7) is 0.0838. The highest BCUT2D eigenvalue weighted by atomic mass is 32.2. The molecule has 0 amide bonds. The molecular weight excluding hydrogens is 357 g/mol. The van der Waals surface area contributed by atoms with E-state index in [0.717, 1.165) is 0 Å². The van der Waals surface area contributed by atoms with Crippen LogP contribution in [0.15, 0.2) is 53.7 Å². The standard InChI is InChI=1S/C17H14FN5O2S/c18-13-2-1-3-14(8-13)23-17(20-21-22-23)26-11-15(24)10-25-16-6-4-12(9-19)5-7-16/h1-8,15,24H,10-11H2. The van der Waals surface area contributed by atoms with Gasteiger partial charge in [0.25, 0.3) is 0 Å². The van der Waals surface area contributed by atoms with Gasteiger partial charge >= 0.3 is 0 Å². The number of benzene rings is 2. The van der Waals surface area contributed by atoms with Gasteiger partial charge < -0.3 is 9.84 Å². The molecule has 9 heteroatoms. The van der Waals surface area contributed by atoms with Gasteiger partial charge in [0.15, 0.2) is 0 Å². The lowest BCUT2D eigenvalue weighted by Crippen LogP contribution is -2.20. The van der Waals surface area contributed by atoms with Crippen LogP contribution in [0.25, 0.3) is 5.69 Å². The molecule has 2 aromatic carbocycles. The molecule has 1 atom stereocenters. The van der Waals surface area contributed by atoms with Gasteiger partial charge in [-0.1, -0.05) is 17.8 Å². The molecule has 0 aliphatic rings. The van der Waals surface area contributed by atoms with Crippen molar-refractivity contribution in [3.05, 3.63) is 59.9 Å². The minimum absolute atomic E-state index is 0.0838. The van der Waals surface area contributed by atoms with Crippen LogP contribution in [0.4, 0.5) is 4.39 Å². The Kier molecular flexibility index (Phi) is 5.78. The van der Waals surface area contributed by atoms with Gasteiger partial charge in [-0.3, -0.25) is 0 Å². The molecule has 0 aliphatic heterocycles. The molecule has 1 heterocycles. The largest absolute Gasteiger partial charge is 0.491 e. The number of aliphatic hydroxyl groups is 1. The van der Waals surface area contributed by atoms with E-state index >= 15 is 0 Å². The van der Waals surface area contributed by atoms with Crippen molar-refractivity contribution < 1.29 is 14.2 Å². The van der Waals surface area contributed by atoms with Crippen LogP contribution in [-0.4, -0.2) is 43.8 Å². The SMILES string of the molecule is N#Cc1ccc(OCC(O)CSc2nnnn2-c2cccc(F)c2)cc1. The molecule has 0 fully saturated rings. The number of rotatable bonds is 7. The van der Waals surface area contributed by atoms with Crippen molar-refractivity contribution in [3.63, 3.8) is 0 Å². The Labute approximate surface area is 153 Å². The Morgan fingerprint density at radius 1 is 1.27 bits per heavy atom. The molecule has 1 aromatic heterocycles. The van der Waals surface area contributed by atoms with Gasteiger partial charge in [-0.25, -0.2) is 4.39 Å². The highest BCUT2D eigenvalue weighted by Gasteiger charge is 2.13. The second-order valence-electron chi connectivity index (χ2n) is 5.27. The van der Waals surface area contributed by atoms with E-state index in [1.807, 2.05) is 6.07 Å². The summed E-state index contributed by atoms with van der Waals surface area (Å²) in [6, 6.07) is 14.6. The fourth-order valence-electron chi connectivity index (χ4n) is 2.08. The van der Waals surface area contributed by atoms with Crippen LogP contribution >= 0.6 is 11.8 Å². The van der Waals surface area contributed by atoms with Crippen LogP contribution in [0.3, 0.4) is 0 Å². The molecule has 7 nitrogen and oxygen atoms in total.